The molecular formula is C10H16O6. The number of rotatable bonds is 9. The van der Waals surface area contributed by atoms with E-state index in [0.717, 1.165) is 0 Å². The quantitative estimate of drug-likeness (QED) is 0.499. The van der Waals surface area contributed by atoms with Crippen molar-refractivity contribution >= 4 is 11.9 Å². The molecule has 0 heterocycles. The largest absolute Gasteiger partial charge is 0.495 e. The highest BCUT2D eigenvalue weighted by Gasteiger charge is 2.22. The Morgan fingerprint density at radius 1 is 1.31 bits per heavy atom. The van der Waals surface area contributed by atoms with Gasteiger partial charge in [0, 0.05) is 6.42 Å². The summed E-state index contributed by atoms with van der Waals surface area (Å²) < 4.78 is 4.90. The fourth-order valence-electron chi connectivity index (χ4n) is 1.16. The third-order valence-corrected chi connectivity index (χ3v) is 1.95. The molecule has 0 aliphatic carbocycles. The van der Waals surface area contributed by atoms with E-state index in [-0.39, 0.29) is 38.2 Å². The average molecular weight is 232 g/mol. The van der Waals surface area contributed by atoms with Crippen molar-refractivity contribution in [1.29, 1.82) is 0 Å². The van der Waals surface area contributed by atoms with Crippen LogP contribution in [-0.2, 0) is 14.3 Å². The number of carbonyl (C=O) groups is 2. The third-order valence-electron chi connectivity index (χ3n) is 1.95. The summed E-state index contributed by atoms with van der Waals surface area (Å²) in [6.45, 7) is 3.22. The number of aliphatic hydroxyl groups excluding tert-OH is 1. The van der Waals surface area contributed by atoms with Crippen LogP contribution in [0.3, 0.4) is 0 Å². The molecule has 6 heteroatoms. The van der Waals surface area contributed by atoms with Gasteiger partial charge in [-0.15, -0.1) is 0 Å². The fraction of sp³-hybridized carbons (Fsp3) is 0.600. The zero-order valence-electron chi connectivity index (χ0n) is 8.89. The van der Waals surface area contributed by atoms with Crippen molar-refractivity contribution in [3.05, 3.63) is 12.3 Å². The highest BCUT2D eigenvalue weighted by Crippen LogP contribution is 2.18. The Bertz CT molecular complexity index is 260. The minimum atomic E-state index is -1.10. The maximum absolute atomic E-state index is 10.8. The first-order valence-electron chi connectivity index (χ1n) is 4.86. The molecule has 0 spiro atoms. The molecule has 0 aromatic heterocycles. The van der Waals surface area contributed by atoms with E-state index in [9.17, 15) is 9.59 Å². The summed E-state index contributed by atoms with van der Waals surface area (Å²) in [5.74, 6) is -2.95. The van der Waals surface area contributed by atoms with Gasteiger partial charge in [0.1, 0.15) is 18.3 Å². The van der Waals surface area contributed by atoms with E-state index in [0.29, 0.717) is 0 Å². The minimum absolute atomic E-state index is 0.0124. The van der Waals surface area contributed by atoms with Gasteiger partial charge in [0.15, 0.2) is 0 Å². The van der Waals surface area contributed by atoms with Crippen molar-refractivity contribution < 1.29 is 29.6 Å². The number of ether oxygens (including phenoxy) is 1. The smallest absolute Gasteiger partial charge is 0.314 e. The van der Waals surface area contributed by atoms with E-state index < -0.39 is 17.9 Å². The standard InChI is InChI=1S/C10H16O6/c1-7(16-6-5-11)8(10(14)15)3-2-4-9(12)13/h8,11H,1-6H2,(H,12,13)(H,14,15). The zero-order valence-corrected chi connectivity index (χ0v) is 8.89. The molecule has 0 saturated carbocycles. The normalized spacial score (nSPS) is 11.8. The second-order valence-electron chi connectivity index (χ2n) is 3.22. The van der Waals surface area contributed by atoms with Crippen molar-refractivity contribution in [2.45, 2.75) is 19.3 Å². The van der Waals surface area contributed by atoms with Crippen LogP contribution in [-0.4, -0.2) is 40.5 Å². The molecule has 6 nitrogen and oxygen atoms in total. The minimum Gasteiger partial charge on any atom is -0.495 e. The monoisotopic (exact) mass is 232 g/mol. The van der Waals surface area contributed by atoms with E-state index in [1.807, 2.05) is 0 Å². The summed E-state index contributed by atoms with van der Waals surface area (Å²) in [4.78, 5) is 21.1. The van der Waals surface area contributed by atoms with Gasteiger partial charge in [-0.3, -0.25) is 9.59 Å². The Morgan fingerprint density at radius 2 is 1.94 bits per heavy atom. The van der Waals surface area contributed by atoms with Gasteiger partial charge in [-0.2, -0.15) is 0 Å². The van der Waals surface area contributed by atoms with E-state index >= 15 is 0 Å². The Hall–Kier alpha value is -1.56. The van der Waals surface area contributed by atoms with E-state index in [1.54, 1.807) is 0 Å². The molecule has 0 rings (SSSR count). The second kappa shape index (κ2) is 7.70. The summed E-state index contributed by atoms with van der Waals surface area (Å²) in [5, 5.41) is 25.8. The van der Waals surface area contributed by atoms with Gasteiger partial charge in [-0.1, -0.05) is 6.58 Å². The fourth-order valence-corrected chi connectivity index (χ4v) is 1.16. The lowest BCUT2D eigenvalue weighted by molar-refractivity contribution is -0.143. The van der Waals surface area contributed by atoms with Crippen LogP contribution in [0.4, 0.5) is 0 Å². The van der Waals surface area contributed by atoms with Gasteiger partial charge in [0.25, 0.3) is 0 Å². The Balaban J connectivity index is 4.11. The van der Waals surface area contributed by atoms with Crippen molar-refractivity contribution in [1.82, 2.24) is 0 Å². The maximum Gasteiger partial charge on any atom is 0.314 e. The topological polar surface area (TPSA) is 104 Å². The highest BCUT2D eigenvalue weighted by molar-refractivity contribution is 5.73. The van der Waals surface area contributed by atoms with Crippen LogP contribution in [0.15, 0.2) is 12.3 Å². The summed E-state index contributed by atoms with van der Waals surface area (Å²) in [6, 6.07) is 0. The number of carboxylic acid groups (broad SMARTS) is 2. The molecule has 0 aromatic carbocycles. The first-order valence-corrected chi connectivity index (χ1v) is 4.86. The first kappa shape index (κ1) is 14.4. The van der Waals surface area contributed by atoms with Gasteiger partial charge in [0.05, 0.1) is 6.61 Å². The van der Waals surface area contributed by atoms with Crippen LogP contribution in [0.1, 0.15) is 19.3 Å². The molecule has 0 aliphatic rings. The van der Waals surface area contributed by atoms with Gasteiger partial charge in [-0.05, 0) is 12.8 Å². The molecule has 1 unspecified atom stereocenters. The van der Waals surface area contributed by atoms with Gasteiger partial charge in [0.2, 0.25) is 0 Å². The number of hydrogen-bond acceptors (Lipinski definition) is 4. The van der Waals surface area contributed by atoms with E-state index in [2.05, 4.69) is 6.58 Å². The molecule has 1 atom stereocenters. The number of aliphatic carboxylic acids is 2. The van der Waals surface area contributed by atoms with Crippen LogP contribution in [0, 0.1) is 5.92 Å². The second-order valence-corrected chi connectivity index (χ2v) is 3.22. The number of carboxylic acids is 2. The first-order chi connectivity index (χ1) is 7.49. The lowest BCUT2D eigenvalue weighted by Crippen LogP contribution is -2.18. The van der Waals surface area contributed by atoms with Gasteiger partial charge < -0.3 is 20.1 Å². The van der Waals surface area contributed by atoms with Gasteiger partial charge >= 0.3 is 11.9 Å². The average Bonchev–Trinajstić information content (AvgIpc) is 2.20. The van der Waals surface area contributed by atoms with Crippen molar-refractivity contribution in [3.8, 4) is 0 Å². The molecule has 92 valence electrons. The molecule has 3 N–H and O–H groups in total. The maximum atomic E-state index is 10.8. The predicted octanol–water partition coefficient (Wildman–Crippen LogP) is 0.465. The van der Waals surface area contributed by atoms with Crippen molar-refractivity contribution in [2.24, 2.45) is 5.92 Å². The molecule has 0 radical (unpaired) electrons. The zero-order chi connectivity index (χ0) is 12.6. The van der Waals surface area contributed by atoms with Crippen LogP contribution in [0.5, 0.6) is 0 Å². The molecule has 0 bridgehead atoms. The van der Waals surface area contributed by atoms with E-state index in [4.69, 9.17) is 20.1 Å². The Kier molecular flexibility index (Phi) is 6.95. The lowest BCUT2D eigenvalue weighted by Gasteiger charge is -2.15. The predicted molar refractivity (Wildman–Crippen MR) is 54.8 cm³/mol. The molecule has 0 saturated heterocycles. The van der Waals surface area contributed by atoms with E-state index in [1.165, 1.54) is 0 Å². The molecule has 0 aromatic rings. The summed E-state index contributed by atoms with van der Waals surface area (Å²) in [5.41, 5.74) is 0. The molecule has 0 amide bonds. The highest BCUT2D eigenvalue weighted by atomic mass is 16.5. The summed E-state index contributed by atoms with van der Waals surface area (Å²) in [7, 11) is 0. The van der Waals surface area contributed by atoms with Crippen LogP contribution in [0.25, 0.3) is 0 Å². The SMILES string of the molecule is C=C(OCCO)C(CCCC(=O)O)C(=O)O. The molecule has 16 heavy (non-hydrogen) atoms. The lowest BCUT2D eigenvalue weighted by atomic mass is 10.0. The molecular weight excluding hydrogens is 216 g/mol. The molecule has 0 fully saturated rings. The number of hydrogen-bond donors (Lipinski definition) is 3. The summed E-state index contributed by atoms with van der Waals surface area (Å²) >= 11 is 0. The Morgan fingerprint density at radius 3 is 2.38 bits per heavy atom. The van der Waals surface area contributed by atoms with Crippen molar-refractivity contribution in [3.63, 3.8) is 0 Å². The van der Waals surface area contributed by atoms with Crippen LogP contribution in [0.2, 0.25) is 0 Å². The van der Waals surface area contributed by atoms with Crippen LogP contribution < -0.4 is 0 Å². The third kappa shape index (κ3) is 6.02. The Labute approximate surface area is 93.2 Å². The van der Waals surface area contributed by atoms with Crippen molar-refractivity contribution in [2.75, 3.05) is 13.2 Å². The number of aliphatic hydroxyl groups is 1. The molecule has 0 aliphatic heterocycles. The van der Waals surface area contributed by atoms with Gasteiger partial charge in [-0.25, -0.2) is 0 Å². The van der Waals surface area contributed by atoms with Crippen LogP contribution >= 0.6 is 0 Å². The summed E-state index contributed by atoms with van der Waals surface area (Å²) in [6.07, 6.45) is 0.316.